The fourth-order valence-corrected chi connectivity index (χ4v) is 5.14. The molecule has 1 aliphatic carbocycles. The predicted octanol–water partition coefficient (Wildman–Crippen LogP) is 5.81. The number of aromatic nitrogens is 3. The summed E-state index contributed by atoms with van der Waals surface area (Å²) >= 11 is 6.20. The van der Waals surface area contributed by atoms with Crippen LogP contribution in [0.5, 0.6) is 0 Å². The van der Waals surface area contributed by atoms with Crippen LogP contribution in [-0.4, -0.2) is 43.5 Å². The van der Waals surface area contributed by atoms with Gasteiger partial charge in [0.05, 0.1) is 6.61 Å². The van der Waals surface area contributed by atoms with Gasteiger partial charge in [-0.3, -0.25) is 4.90 Å². The van der Waals surface area contributed by atoms with Crippen LogP contribution in [0, 0.1) is 0 Å². The number of hydrogen-bond acceptors (Lipinski definition) is 5. The highest BCUT2D eigenvalue weighted by Gasteiger charge is 2.48. The number of rotatable bonds is 2. The normalized spacial score (nSPS) is 23.3. The molecule has 1 saturated heterocycles. The summed E-state index contributed by atoms with van der Waals surface area (Å²) in [5, 5.41) is 1.14. The van der Waals surface area contributed by atoms with Crippen LogP contribution in [0.3, 0.4) is 0 Å². The van der Waals surface area contributed by atoms with Crippen molar-refractivity contribution in [3.8, 4) is 0 Å². The smallest absolute Gasteiger partial charge is 0.413 e. The zero-order chi connectivity index (χ0) is 22.6. The molecule has 0 radical (unpaired) electrons. The van der Waals surface area contributed by atoms with Crippen LogP contribution in [0.1, 0.15) is 85.4 Å². The number of fused-ring (bicyclic) bond motifs is 1. The van der Waals surface area contributed by atoms with Crippen molar-refractivity contribution in [2.45, 2.75) is 96.6 Å². The van der Waals surface area contributed by atoms with Crippen molar-refractivity contribution in [2.75, 3.05) is 6.61 Å². The van der Waals surface area contributed by atoms with Gasteiger partial charge in [-0.05, 0) is 72.1 Å². The SMILES string of the molecule is CC(C)(C)OC(=O)N1[C@H](c2cc3cnc(Cl)nc3n2C2(C)CCCCC2)COC1(C)C. The molecule has 1 amide bonds. The van der Waals surface area contributed by atoms with Gasteiger partial charge in [0.25, 0.3) is 0 Å². The summed E-state index contributed by atoms with van der Waals surface area (Å²) in [6.45, 7) is 12.1. The van der Waals surface area contributed by atoms with E-state index in [1.165, 1.54) is 6.42 Å². The van der Waals surface area contributed by atoms with Crippen LogP contribution in [0.2, 0.25) is 5.28 Å². The van der Waals surface area contributed by atoms with Crippen LogP contribution in [0.4, 0.5) is 4.79 Å². The molecule has 0 spiro atoms. The first-order chi connectivity index (χ1) is 14.4. The largest absolute Gasteiger partial charge is 0.444 e. The lowest BCUT2D eigenvalue weighted by Gasteiger charge is -2.40. The fraction of sp³-hybridized carbons (Fsp3) is 0.696. The molecule has 2 fully saturated rings. The topological polar surface area (TPSA) is 69.5 Å². The van der Waals surface area contributed by atoms with Gasteiger partial charge in [-0.2, -0.15) is 4.98 Å². The van der Waals surface area contributed by atoms with E-state index in [1.54, 1.807) is 11.1 Å². The van der Waals surface area contributed by atoms with Crippen molar-refractivity contribution in [2.24, 2.45) is 0 Å². The van der Waals surface area contributed by atoms with Crippen LogP contribution in [-0.2, 0) is 15.0 Å². The summed E-state index contributed by atoms with van der Waals surface area (Å²) in [5.74, 6) is 0. The third kappa shape index (κ3) is 4.14. The molecule has 3 heterocycles. The lowest BCUT2D eigenvalue weighted by molar-refractivity contribution is -0.0629. The molecular formula is C23H33ClN4O3. The molecule has 0 N–H and O–H groups in total. The Balaban J connectivity index is 1.86. The Morgan fingerprint density at radius 3 is 2.55 bits per heavy atom. The zero-order valence-corrected chi connectivity index (χ0v) is 20.1. The molecule has 0 bridgehead atoms. The van der Waals surface area contributed by atoms with E-state index in [0.29, 0.717) is 6.61 Å². The molecule has 8 heteroatoms. The first kappa shape index (κ1) is 22.3. The molecule has 7 nitrogen and oxygen atoms in total. The van der Waals surface area contributed by atoms with Crippen LogP contribution < -0.4 is 0 Å². The van der Waals surface area contributed by atoms with E-state index in [-0.39, 0.29) is 23.0 Å². The number of nitrogens with zero attached hydrogens (tertiary/aromatic N) is 4. The Hall–Kier alpha value is -1.86. The van der Waals surface area contributed by atoms with Crippen molar-refractivity contribution in [1.29, 1.82) is 0 Å². The molecule has 1 atom stereocenters. The molecule has 0 aromatic carbocycles. The van der Waals surface area contributed by atoms with Crippen molar-refractivity contribution >= 4 is 28.7 Å². The first-order valence-corrected chi connectivity index (χ1v) is 11.5. The van der Waals surface area contributed by atoms with Gasteiger partial charge in [0.2, 0.25) is 5.28 Å². The number of carbonyl (C=O) groups excluding carboxylic acids is 1. The predicted molar refractivity (Wildman–Crippen MR) is 120 cm³/mol. The number of carbonyl (C=O) groups is 1. The Morgan fingerprint density at radius 2 is 1.90 bits per heavy atom. The molecule has 2 aromatic heterocycles. The van der Waals surface area contributed by atoms with Gasteiger partial charge in [0.15, 0.2) is 0 Å². The standard InChI is InChI=1S/C23H33ClN4O3/c1-21(2,3)31-20(29)28-17(14-30-22(28,4)5)16-12-15-13-25-19(24)26-18(15)27(16)23(6)10-8-7-9-11-23/h12-13,17H,7-11,14H2,1-6H3/t17-/m0/s1. The van der Waals surface area contributed by atoms with Gasteiger partial charge in [-0.15, -0.1) is 0 Å². The molecule has 2 aromatic rings. The molecule has 4 rings (SSSR count). The van der Waals surface area contributed by atoms with E-state index in [1.807, 2.05) is 34.6 Å². The number of amides is 1. The lowest BCUT2D eigenvalue weighted by atomic mass is 9.82. The molecule has 0 unspecified atom stereocenters. The van der Waals surface area contributed by atoms with Gasteiger partial charge in [0.1, 0.15) is 23.0 Å². The summed E-state index contributed by atoms with van der Waals surface area (Å²) < 4.78 is 14.2. The van der Waals surface area contributed by atoms with Crippen molar-refractivity contribution < 1.29 is 14.3 Å². The summed E-state index contributed by atoms with van der Waals surface area (Å²) in [4.78, 5) is 23.8. The quantitative estimate of drug-likeness (QED) is 0.542. The highest BCUT2D eigenvalue weighted by Crippen LogP contribution is 2.44. The minimum absolute atomic E-state index is 0.112. The van der Waals surface area contributed by atoms with E-state index < -0.39 is 11.3 Å². The van der Waals surface area contributed by atoms with E-state index in [0.717, 1.165) is 42.4 Å². The zero-order valence-electron chi connectivity index (χ0n) is 19.4. The Bertz CT molecular complexity index is 989. The van der Waals surface area contributed by atoms with Gasteiger partial charge < -0.3 is 14.0 Å². The van der Waals surface area contributed by atoms with Crippen molar-refractivity contribution in [1.82, 2.24) is 19.4 Å². The Morgan fingerprint density at radius 1 is 1.23 bits per heavy atom. The fourth-order valence-electron chi connectivity index (χ4n) is 5.02. The molecular weight excluding hydrogens is 416 g/mol. The molecule has 31 heavy (non-hydrogen) atoms. The maximum Gasteiger partial charge on any atom is 0.413 e. The second-order valence-corrected chi connectivity index (χ2v) is 10.8. The minimum atomic E-state index is -0.787. The van der Waals surface area contributed by atoms with Crippen LogP contribution >= 0.6 is 11.6 Å². The van der Waals surface area contributed by atoms with Crippen molar-refractivity contribution in [3.05, 3.63) is 23.2 Å². The highest BCUT2D eigenvalue weighted by atomic mass is 35.5. The van der Waals surface area contributed by atoms with Gasteiger partial charge in [0, 0.05) is 22.8 Å². The van der Waals surface area contributed by atoms with E-state index in [9.17, 15) is 4.79 Å². The maximum atomic E-state index is 13.3. The second kappa shape index (κ2) is 7.62. The van der Waals surface area contributed by atoms with Crippen LogP contribution in [0.15, 0.2) is 12.3 Å². The molecule has 2 aliphatic rings. The number of hydrogen-bond donors (Lipinski definition) is 0. The minimum Gasteiger partial charge on any atom is -0.444 e. The second-order valence-electron chi connectivity index (χ2n) is 10.5. The Labute approximate surface area is 189 Å². The average Bonchev–Trinajstić information content (AvgIpc) is 3.17. The monoisotopic (exact) mass is 448 g/mol. The van der Waals surface area contributed by atoms with Gasteiger partial charge in [-0.1, -0.05) is 19.3 Å². The van der Waals surface area contributed by atoms with E-state index in [2.05, 4.69) is 27.5 Å². The maximum absolute atomic E-state index is 13.3. The third-order valence-electron chi connectivity index (χ3n) is 6.43. The number of halogens is 1. The molecule has 1 aliphatic heterocycles. The summed E-state index contributed by atoms with van der Waals surface area (Å²) in [5.41, 5.74) is 0.312. The number of ether oxygens (including phenoxy) is 2. The average molecular weight is 449 g/mol. The highest BCUT2D eigenvalue weighted by molar-refractivity contribution is 6.28. The van der Waals surface area contributed by atoms with Gasteiger partial charge >= 0.3 is 6.09 Å². The Kier molecular flexibility index (Phi) is 5.49. The summed E-state index contributed by atoms with van der Waals surface area (Å²) in [7, 11) is 0. The molecule has 1 saturated carbocycles. The third-order valence-corrected chi connectivity index (χ3v) is 6.61. The summed E-state index contributed by atoms with van der Waals surface area (Å²) in [6, 6.07) is 1.79. The summed E-state index contributed by atoms with van der Waals surface area (Å²) in [6.07, 6.45) is 7.05. The van der Waals surface area contributed by atoms with E-state index >= 15 is 0 Å². The van der Waals surface area contributed by atoms with Gasteiger partial charge in [-0.25, -0.2) is 9.78 Å². The van der Waals surface area contributed by atoms with Crippen LogP contribution in [0.25, 0.3) is 11.0 Å². The molecule has 170 valence electrons. The van der Waals surface area contributed by atoms with E-state index in [4.69, 9.17) is 21.1 Å². The van der Waals surface area contributed by atoms with Crippen molar-refractivity contribution in [3.63, 3.8) is 0 Å². The first-order valence-electron chi connectivity index (χ1n) is 11.1. The lowest BCUT2D eigenvalue weighted by Crippen LogP contribution is -2.48.